The van der Waals surface area contributed by atoms with Crippen LogP contribution in [0.2, 0.25) is 0 Å². The van der Waals surface area contributed by atoms with Crippen LogP contribution >= 0.6 is 12.2 Å². The first-order valence-electron chi connectivity index (χ1n) is 3.95. The van der Waals surface area contributed by atoms with Crippen LogP contribution in [0.3, 0.4) is 0 Å². The maximum Gasteiger partial charge on any atom is 0.123 e. The number of ether oxygens (including phenoxy) is 1. The molecule has 3 heteroatoms. The van der Waals surface area contributed by atoms with E-state index in [1.165, 1.54) is 12.1 Å². The molecule has 0 saturated heterocycles. The largest absolute Gasteiger partial charge is 0.496 e. The van der Waals surface area contributed by atoms with E-state index in [9.17, 15) is 4.39 Å². The highest BCUT2D eigenvalue weighted by Gasteiger charge is 2.04. The van der Waals surface area contributed by atoms with Crippen LogP contribution in [0, 0.1) is 5.82 Å². The summed E-state index contributed by atoms with van der Waals surface area (Å²) >= 11 is 4.95. The number of hydrogen-bond acceptors (Lipinski definition) is 2. The van der Waals surface area contributed by atoms with Crippen LogP contribution in [0.4, 0.5) is 4.39 Å². The highest BCUT2D eigenvalue weighted by molar-refractivity contribution is 7.80. The first-order valence-corrected chi connectivity index (χ1v) is 4.36. The molecule has 0 unspecified atom stereocenters. The van der Waals surface area contributed by atoms with Crippen molar-refractivity contribution in [2.75, 3.05) is 7.11 Å². The zero-order chi connectivity index (χ0) is 9.84. The Balaban J connectivity index is 3.01. The van der Waals surface area contributed by atoms with Crippen molar-refractivity contribution >= 4 is 17.1 Å². The van der Waals surface area contributed by atoms with Crippen molar-refractivity contribution in [3.63, 3.8) is 0 Å². The molecule has 0 aliphatic carbocycles. The van der Waals surface area contributed by atoms with Gasteiger partial charge in [0.25, 0.3) is 0 Å². The van der Waals surface area contributed by atoms with E-state index < -0.39 is 0 Å². The average Bonchev–Trinajstić information content (AvgIpc) is 2.03. The Bertz CT molecular complexity index is 323. The van der Waals surface area contributed by atoms with Crippen molar-refractivity contribution < 1.29 is 9.13 Å². The second-order valence-corrected chi connectivity index (χ2v) is 3.53. The zero-order valence-corrected chi connectivity index (χ0v) is 8.45. The Morgan fingerprint density at radius 3 is 2.77 bits per heavy atom. The summed E-state index contributed by atoms with van der Waals surface area (Å²) in [5, 5.41) is 0. The molecule has 0 fully saturated rings. The summed E-state index contributed by atoms with van der Waals surface area (Å²) in [4.78, 5) is 0.823. The van der Waals surface area contributed by atoms with Gasteiger partial charge in [-0.1, -0.05) is 12.2 Å². The molecular weight excluding hydrogens is 187 g/mol. The number of rotatable bonds is 3. The molecule has 0 heterocycles. The van der Waals surface area contributed by atoms with Crippen LogP contribution < -0.4 is 4.74 Å². The molecule has 0 radical (unpaired) electrons. The maximum atomic E-state index is 12.8. The van der Waals surface area contributed by atoms with E-state index in [0.717, 1.165) is 10.4 Å². The summed E-state index contributed by atoms with van der Waals surface area (Å²) in [7, 11) is 1.56. The Hall–Kier alpha value is -0.960. The maximum absolute atomic E-state index is 12.8. The summed E-state index contributed by atoms with van der Waals surface area (Å²) in [6.07, 6.45) is 0.580. The van der Waals surface area contributed by atoms with Gasteiger partial charge in [-0.15, -0.1) is 0 Å². The van der Waals surface area contributed by atoms with E-state index in [0.29, 0.717) is 12.2 Å². The van der Waals surface area contributed by atoms with Gasteiger partial charge in [0.15, 0.2) is 0 Å². The standard InChI is InChI=1S/C10H11FOS/c1-7(13)5-8-6-9(11)3-4-10(8)12-2/h3-4,6H,5H2,1-2H3. The lowest BCUT2D eigenvalue weighted by Gasteiger charge is -2.07. The molecule has 0 N–H and O–H groups in total. The summed E-state index contributed by atoms with van der Waals surface area (Å²) < 4.78 is 17.9. The van der Waals surface area contributed by atoms with Crippen LogP contribution in [0.25, 0.3) is 0 Å². The number of benzene rings is 1. The number of methoxy groups -OCH3 is 1. The lowest BCUT2D eigenvalue weighted by molar-refractivity contribution is 0.409. The minimum Gasteiger partial charge on any atom is -0.496 e. The molecule has 70 valence electrons. The third kappa shape index (κ3) is 2.77. The van der Waals surface area contributed by atoms with E-state index in [-0.39, 0.29) is 5.82 Å². The molecule has 0 aliphatic heterocycles. The summed E-state index contributed by atoms with van der Waals surface area (Å²) in [5.41, 5.74) is 0.801. The van der Waals surface area contributed by atoms with Gasteiger partial charge in [-0.05, 0) is 30.0 Å². The van der Waals surface area contributed by atoms with Gasteiger partial charge < -0.3 is 4.74 Å². The van der Waals surface area contributed by atoms with E-state index in [1.807, 2.05) is 6.92 Å². The molecule has 1 nitrogen and oxygen atoms in total. The first-order chi connectivity index (χ1) is 6.13. The fourth-order valence-electron chi connectivity index (χ4n) is 1.15. The molecule has 0 bridgehead atoms. The molecule has 0 aromatic heterocycles. The van der Waals surface area contributed by atoms with Gasteiger partial charge in [0.1, 0.15) is 11.6 Å². The molecule has 1 aromatic rings. The molecule has 0 saturated carbocycles. The Morgan fingerprint density at radius 1 is 1.54 bits per heavy atom. The van der Waals surface area contributed by atoms with Crippen molar-refractivity contribution in [3.05, 3.63) is 29.6 Å². The van der Waals surface area contributed by atoms with Crippen molar-refractivity contribution in [3.8, 4) is 5.75 Å². The van der Waals surface area contributed by atoms with Gasteiger partial charge >= 0.3 is 0 Å². The SMILES string of the molecule is COc1ccc(F)cc1CC(C)=S. The Labute approximate surface area is 82.5 Å². The monoisotopic (exact) mass is 198 g/mol. The Kier molecular flexibility index (Phi) is 3.37. The third-order valence-electron chi connectivity index (χ3n) is 1.68. The summed E-state index contributed by atoms with van der Waals surface area (Å²) in [6.45, 7) is 1.83. The van der Waals surface area contributed by atoms with Gasteiger partial charge in [-0.3, -0.25) is 0 Å². The van der Waals surface area contributed by atoms with Gasteiger partial charge in [0.05, 0.1) is 7.11 Å². The van der Waals surface area contributed by atoms with Crippen LogP contribution in [-0.4, -0.2) is 12.0 Å². The van der Waals surface area contributed by atoms with Gasteiger partial charge in [-0.2, -0.15) is 0 Å². The highest BCUT2D eigenvalue weighted by Crippen LogP contribution is 2.20. The third-order valence-corrected chi connectivity index (χ3v) is 1.83. The molecule has 0 spiro atoms. The molecule has 1 aromatic carbocycles. The lowest BCUT2D eigenvalue weighted by atomic mass is 10.1. The van der Waals surface area contributed by atoms with Crippen LogP contribution in [0.15, 0.2) is 18.2 Å². The molecular formula is C10H11FOS. The minimum atomic E-state index is -0.257. The number of thiocarbonyl (C=S) groups is 1. The second-order valence-electron chi connectivity index (χ2n) is 2.83. The molecule has 1 rings (SSSR count). The predicted molar refractivity (Wildman–Crippen MR) is 54.9 cm³/mol. The molecule has 0 atom stereocenters. The number of hydrogen-bond donors (Lipinski definition) is 0. The van der Waals surface area contributed by atoms with Crippen molar-refractivity contribution in [2.24, 2.45) is 0 Å². The number of halogens is 1. The van der Waals surface area contributed by atoms with E-state index in [1.54, 1.807) is 13.2 Å². The first kappa shape index (κ1) is 10.1. The smallest absolute Gasteiger partial charge is 0.123 e. The average molecular weight is 198 g/mol. The van der Waals surface area contributed by atoms with E-state index in [2.05, 4.69) is 0 Å². The normalized spacial score (nSPS) is 9.77. The van der Waals surface area contributed by atoms with Crippen molar-refractivity contribution in [2.45, 2.75) is 13.3 Å². The fourth-order valence-corrected chi connectivity index (χ4v) is 1.31. The summed E-state index contributed by atoms with van der Waals surface area (Å²) in [6, 6.07) is 4.44. The lowest BCUT2D eigenvalue weighted by Crippen LogP contribution is -1.98. The van der Waals surface area contributed by atoms with E-state index >= 15 is 0 Å². The summed E-state index contributed by atoms with van der Waals surface area (Å²) in [5.74, 6) is 0.428. The van der Waals surface area contributed by atoms with Crippen LogP contribution in [0.1, 0.15) is 12.5 Å². The molecule has 0 aliphatic rings. The van der Waals surface area contributed by atoms with Gasteiger partial charge in [0.2, 0.25) is 0 Å². The molecule has 13 heavy (non-hydrogen) atoms. The zero-order valence-electron chi connectivity index (χ0n) is 7.63. The van der Waals surface area contributed by atoms with Crippen molar-refractivity contribution in [1.82, 2.24) is 0 Å². The van der Waals surface area contributed by atoms with E-state index in [4.69, 9.17) is 17.0 Å². The van der Waals surface area contributed by atoms with Crippen molar-refractivity contribution in [1.29, 1.82) is 0 Å². The predicted octanol–water partition coefficient (Wildman–Crippen LogP) is 2.77. The minimum absolute atomic E-state index is 0.257. The quantitative estimate of drug-likeness (QED) is 0.691. The topological polar surface area (TPSA) is 9.23 Å². The van der Waals surface area contributed by atoms with Crippen LogP contribution in [-0.2, 0) is 6.42 Å². The van der Waals surface area contributed by atoms with Crippen LogP contribution in [0.5, 0.6) is 5.75 Å². The second kappa shape index (κ2) is 4.33. The van der Waals surface area contributed by atoms with Gasteiger partial charge in [-0.25, -0.2) is 4.39 Å². The van der Waals surface area contributed by atoms with Gasteiger partial charge in [0, 0.05) is 12.0 Å². The Morgan fingerprint density at radius 2 is 2.23 bits per heavy atom. The molecule has 0 amide bonds. The fraction of sp³-hybridized carbons (Fsp3) is 0.300. The highest BCUT2D eigenvalue weighted by atomic mass is 32.1.